The van der Waals surface area contributed by atoms with Crippen molar-refractivity contribution in [3.05, 3.63) is 0 Å². The smallest absolute Gasteiger partial charge is 0.129 e. The third-order valence-electron chi connectivity index (χ3n) is 6.53. The summed E-state index contributed by atoms with van der Waals surface area (Å²) in [6.45, 7) is 7.10. The van der Waals surface area contributed by atoms with Gasteiger partial charge >= 0.3 is 0 Å². The van der Waals surface area contributed by atoms with E-state index in [-0.39, 0.29) is 18.6 Å². The zero-order valence-corrected chi connectivity index (χ0v) is 11.8. The molecule has 18 heavy (non-hydrogen) atoms. The maximum absolute atomic E-state index is 9.93. The Labute approximate surface area is 110 Å². The maximum atomic E-state index is 9.93. The van der Waals surface area contributed by atoms with E-state index in [2.05, 4.69) is 20.8 Å². The second-order valence-corrected chi connectivity index (χ2v) is 7.59. The average Bonchev–Trinajstić information content (AvgIpc) is 3.00. The van der Waals surface area contributed by atoms with Crippen LogP contribution in [0.4, 0.5) is 0 Å². The van der Waals surface area contributed by atoms with Crippen molar-refractivity contribution in [3.63, 3.8) is 0 Å². The third kappa shape index (κ3) is 1.21. The van der Waals surface area contributed by atoms with Gasteiger partial charge in [0.1, 0.15) is 11.2 Å². The number of fused-ring (bicyclic) bond motifs is 3. The molecule has 104 valence electrons. The van der Waals surface area contributed by atoms with Gasteiger partial charge in [-0.1, -0.05) is 27.2 Å². The van der Waals surface area contributed by atoms with Crippen LogP contribution in [0.5, 0.6) is 0 Å². The first-order valence-electron chi connectivity index (χ1n) is 7.29. The Kier molecular flexibility index (Phi) is 2.51. The molecule has 0 bridgehead atoms. The van der Waals surface area contributed by atoms with E-state index in [0.717, 1.165) is 19.3 Å². The lowest BCUT2D eigenvalue weighted by molar-refractivity contribution is -0.0875. The molecular weight excluding hydrogens is 228 g/mol. The minimum absolute atomic E-state index is 0.0183. The quantitative estimate of drug-likeness (QED) is 0.742. The van der Waals surface area contributed by atoms with Crippen LogP contribution in [0, 0.1) is 16.7 Å². The summed E-state index contributed by atoms with van der Waals surface area (Å²) in [5, 5.41) is 19.6. The van der Waals surface area contributed by atoms with Crippen LogP contribution in [-0.2, 0) is 4.74 Å². The largest absolute Gasteiger partial charge is 0.393 e. The summed E-state index contributed by atoms with van der Waals surface area (Å²) in [5.74, 6) is 0.591. The first-order valence-corrected chi connectivity index (χ1v) is 7.29. The Hall–Kier alpha value is -0.120. The number of rotatable bonds is 2. The van der Waals surface area contributed by atoms with Gasteiger partial charge in [0.25, 0.3) is 0 Å². The van der Waals surface area contributed by atoms with Crippen molar-refractivity contribution in [1.82, 2.24) is 0 Å². The zero-order chi connectivity index (χ0) is 13.2. The zero-order valence-electron chi connectivity index (χ0n) is 11.8. The summed E-state index contributed by atoms with van der Waals surface area (Å²) in [5.41, 5.74) is -0.580. The number of aliphatic hydroxyl groups is 2. The van der Waals surface area contributed by atoms with Gasteiger partial charge in [-0.15, -0.1) is 0 Å². The molecule has 0 aromatic heterocycles. The number of ether oxygens (including phenoxy) is 1. The Balaban J connectivity index is 2.02. The van der Waals surface area contributed by atoms with Gasteiger partial charge in [-0.2, -0.15) is 0 Å². The number of epoxide rings is 1. The van der Waals surface area contributed by atoms with Crippen LogP contribution in [0.2, 0.25) is 0 Å². The highest BCUT2D eigenvalue weighted by atomic mass is 16.7. The van der Waals surface area contributed by atoms with Crippen molar-refractivity contribution < 1.29 is 14.9 Å². The molecule has 1 aliphatic heterocycles. The van der Waals surface area contributed by atoms with Crippen molar-refractivity contribution in [2.24, 2.45) is 16.7 Å². The second kappa shape index (κ2) is 3.50. The lowest BCUT2D eigenvalue weighted by atomic mass is 9.46. The maximum Gasteiger partial charge on any atom is 0.129 e. The molecule has 0 aromatic carbocycles. The number of aliphatic hydroxyl groups excluding tert-OH is 2. The van der Waals surface area contributed by atoms with Crippen LogP contribution >= 0.6 is 0 Å². The molecule has 3 heteroatoms. The van der Waals surface area contributed by atoms with Crippen molar-refractivity contribution in [3.8, 4) is 0 Å². The van der Waals surface area contributed by atoms with E-state index in [1.807, 2.05) is 0 Å². The standard InChI is InChI=1S/C15H26O3/c1-12(2)6-4-7-13(3)11(12)5-8-14(9-16)15(13,10-17)18-14/h11,16-17H,4-10H2,1-3H3/t11-,13-,14-,15-/m0/s1. The molecule has 0 amide bonds. The molecule has 1 saturated heterocycles. The lowest BCUT2D eigenvalue weighted by Gasteiger charge is -2.56. The predicted molar refractivity (Wildman–Crippen MR) is 69.2 cm³/mol. The Morgan fingerprint density at radius 2 is 1.78 bits per heavy atom. The fourth-order valence-corrected chi connectivity index (χ4v) is 5.49. The summed E-state index contributed by atoms with van der Waals surface area (Å²) < 4.78 is 6.02. The van der Waals surface area contributed by atoms with E-state index in [1.165, 1.54) is 12.8 Å². The molecule has 2 saturated carbocycles. The molecule has 2 N–H and O–H groups in total. The van der Waals surface area contributed by atoms with Gasteiger partial charge < -0.3 is 14.9 Å². The van der Waals surface area contributed by atoms with Crippen LogP contribution in [0.25, 0.3) is 0 Å². The average molecular weight is 254 g/mol. The van der Waals surface area contributed by atoms with Gasteiger partial charge in [0.2, 0.25) is 0 Å². The highest BCUT2D eigenvalue weighted by molar-refractivity contribution is 5.28. The fourth-order valence-electron chi connectivity index (χ4n) is 5.49. The van der Waals surface area contributed by atoms with Gasteiger partial charge in [-0.3, -0.25) is 0 Å². The summed E-state index contributed by atoms with van der Waals surface area (Å²) in [6, 6.07) is 0. The molecule has 0 spiro atoms. The molecular formula is C15H26O3. The molecule has 3 aliphatic rings. The van der Waals surface area contributed by atoms with Crippen molar-refractivity contribution in [2.45, 2.75) is 64.1 Å². The van der Waals surface area contributed by atoms with Gasteiger partial charge in [-0.05, 0) is 37.0 Å². The first-order chi connectivity index (χ1) is 8.37. The van der Waals surface area contributed by atoms with E-state index in [9.17, 15) is 10.2 Å². The minimum Gasteiger partial charge on any atom is -0.393 e. The Morgan fingerprint density at radius 3 is 2.39 bits per heavy atom. The molecule has 3 nitrogen and oxygen atoms in total. The van der Waals surface area contributed by atoms with E-state index >= 15 is 0 Å². The molecule has 3 fully saturated rings. The Bertz CT molecular complexity index is 367. The molecule has 0 aromatic rings. The van der Waals surface area contributed by atoms with E-state index in [1.54, 1.807) is 0 Å². The first kappa shape index (κ1) is 12.9. The van der Waals surface area contributed by atoms with Crippen molar-refractivity contribution >= 4 is 0 Å². The van der Waals surface area contributed by atoms with Crippen molar-refractivity contribution in [1.29, 1.82) is 0 Å². The monoisotopic (exact) mass is 254 g/mol. The summed E-state index contributed by atoms with van der Waals surface area (Å²) in [4.78, 5) is 0. The van der Waals surface area contributed by atoms with Gasteiger partial charge in [0.15, 0.2) is 0 Å². The molecule has 2 aliphatic carbocycles. The Morgan fingerprint density at radius 1 is 1.06 bits per heavy atom. The highest BCUT2D eigenvalue weighted by Crippen LogP contribution is 2.72. The van der Waals surface area contributed by atoms with Gasteiger partial charge in [-0.25, -0.2) is 0 Å². The van der Waals surface area contributed by atoms with Crippen molar-refractivity contribution in [2.75, 3.05) is 13.2 Å². The predicted octanol–water partition coefficient (Wildman–Crippen LogP) is 2.11. The summed E-state index contributed by atoms with van der Waals surface area (Å²) in [6.07, 6.45) is 5.59. The molecule has 0 radical (unpaired) electrons. The molecule has 4 atom stereocenters. The van der Waals surface area contributed by atoms with Crippen LogP contribution < -0.4 is 0 Å². The summed E-state index contributed by atoms with van der Waals surface area (Å²) in [7, 11) is 0. The molecule has 1 heterocycles. The number of hydrogen-bond acceptors (Lipinski definition) is 3. The SMILES string of the molecule is CC1(C)CCC[C@@]2(C)[C@H]1CC[C@@]1(CO)O[C@]12CO. The second-order valence-electron chi connectivity index (χ2n) is 7.59. The molecule has 0 unspecified atom stereocenters. The summed E-state index contributed by atoms with van der Waals surface area (Å²) >= 11 is 0. The highest BCUT2D eigenvalue weighted by Gasteiger charge is 2.80. The van der Waals surface area contributed by atoms with Crippen LogP contribution in [0.15, 0.2) is 0 Å². The lowest BCUT2D eigenvalue weighted by Crippen LogP contribution is -2.58. The van der Waals surface area contributed by atoms with Gasteiger partial charge in [0, 0.05) is 5.41 Å². The van der Waals surface area contributed by atoms with Crippen LogP contribution in [0.1, 0.15) is 52.9 Å². The normalized spacial score (nSPS) is 53.5. The topological polar surface area (TPSA) is 53.0 Å². The van der Waals surface area contributed by atoms with Crippen LogP contribution in [-0.4, -0.2) is 34.6 Å². The number of hydrogen-bond donors (Lipinski definition) is 2. The van der Waals surface area contributed by atoms with E-state index in [0.29, 0.717) is 11.3 Å². The van der Waals surface area contributed by atoms with Gasteiger partial charge in [0.05, 0.1) is 13.2 Å². The minimum atomic E-state index is -0.477. The van der Waals surface area contributed by atoms with Crippen LogP contribution in [0.3, 0.4) is 0 Å². The van der Waals surface area contributed by atoms with E-state index < -0.39 is 11.2 Å². The fraction of sp³-hybridized carbons (Fsp3) is 1.00. The van der Waals surface area contributed by atoms with E-state index in [4.69, 9.17) is 4.74 Å². The third-order valence-corrected chi connectivity index (χ3v) is 6.53. The molecule has 3 rings (SSSR count).